The highest BCUT2D eigenvalue weighted by molar-refractivity contribution is 7.99. The van der Waals surface area contributed by atoms with Gasteiger partial charge in [-0.1, -0.05) is 41.6 Å². The second kappa shape index (κ2) is 10.6. The highest BCUT2D eigenvalue weighted by Crippen LogP contribution is 2.31. The van der Waals surface area contributed by atoms with E-state index in [0.717, 1.165) is 22.4 Å². The van der Waals surface area contributed by atoms with Crippen LogP contribution in [0.4, 0.5) is 4.39 Å². The molecule has 0 aliphatic carbocycles. The number of nitrogens with zero attached hydrogens (tertiary/aromatic N) is 4. The summed E-state index contributed by atoms with van der Waals surface area (Å²) < 4.78 is 14.9. The zero-order valence-corrected chi connectivity index (χ0v) is 19.4. The molecule has 0 unspecified atom stereocenters. The lowest BCUT2D eigenvalue weighted by atomic mass is 10.1. The van der Waals surface area contributed by atoms with Crippen molar-refractivity contribution >= 4 is 29.3 Å². The maximum absolute atomic E-state index is 13.0. The Labute approximate surface area is 200 Å². The lowest BCUT2D eigenvalue weighted by Crippen LogP contribution is -2.27. The van der Waals surface area contributed by atoms with E-state index in [2.05, 4.69) is 20.5 Å². The number of aromatic nitrogens is 4. The first kappa shape index (κ1) is 22.9. The fourth-order valence-electron chi connectivity index (χ4n) is 3.29. The Kier molecular flexibility index (Phi) is 7.36. The highest BCUT2D eigenvalue weighted by atomic mass is 35.5. The summed E-state index contributed by atoms with van der Waals surface area (Å²) in [5.74, 6) is 0.425. The Balaban J connectivity index is 1.49. The van der Waals surface area contributed by atoms with Crippen molar-refractivity contribution in [2.45, 2.75) is 18.5 Å². The molecule has 9 heteroatoms. The molecule has 4 rings (SSSR count). The summed E-state index contributed by atoms with van der Waals surface area (Å²) >= 11 is 7.67. The molecule has 0 bridgehead atoms. The molecule has 0 aliphatic heterocycles. The predicted molar refractivity (Wildman–Crippen MR) is 128 cm³/mol. The van der Waals surface area contributed by atoms with E-state index >= 15 is 0 Å². The molecule has 6 nitrogen and oxygen atoms in total. The Morgan fingerprint density at radius 2 is 1.85 bits per heavy atom. The van der Waals surface area contributed by atoms with Crippen molar-refractivity contribution in [3.8, 4) is 17.1 Å². The Morgan fingerprint density at radius 3 is 2.61 bits per heavy atom. The summed E-state index contributed by atoms with van der Waals surface area (Å²) in [5.41, 5.74) is 3.55. The van der Waals surface area contributed by atoms with Crippen LogP contribution in [0, 0.1) is 12.7 Å². The molecule has 0 fully saturated rings. The van der Waals surface area contributed by atoms with Crippen molar-refractivity contribution in [1.82, 2.24) is 25.1 Å². The SMILES string of the molecule is Cc1c(Cl)cccc1-n1c(SCC(=O)NCCc2ccc(F)cc2)nnc1-c1ccncc1. The van der Waals surface area contributed by atoms with Crippen LogP contribution in [-0.4, -0.2) is 38.0 Å². The molecule has 0 radical (unpaired) electrons. The highest BCUT2D eigenvalue weighted by Gasteiger charge is 2.19. The zero-order chi connectivity index (χ0) is 23.2. The topological polar surface area (TPSA) is 72.7 Å². The number of hydrogen-bond acceptors (Lipinski definition) is 5. The van der Waals surface area contributed by atoms with E-state index in [4.69, 9.17) is 11.6 Å². The van der Waals surface area contributed by atoms with E-state index in [0.29, 0.717) is 29.0 Å². The maximum Gasteiger partial charge on any atom is 0.230 e. The molecule has 2 aromatic heterocycles. The number of nitrogens with one attached hydrogen (secondary N) is 1. The van der Waals surface area contributed by atoms with Gasteiger partial charge in [0.15, 0.2) is 11.0 Å². The Hall–Kier alpha value is -3.23. The number of hydrogen-bond donors (Lipinski definition) is 1. The number of thioether (sulfide) groups is 1. The molecule has 0 saturated carbocycles. The van der Waals surface area contributed by atoms with Gasteiger partial charge in [-0.05, 0) is 60.9 Å². The standard InChI is InChI=1S/C24H21ClFN5OS/c1-16-20(25)3-2-4-21(16)31-23(18-10-12-27-13-11-18)29-30-24(31)33-15-22(32)28-14-9-17-5-7-19(26)8-6-17/h2-8,10-13H,9,14-15H2,1H3,(H,28,32). The number of benzene rings is 2. The molecular weight excluding hydrogens is 461 g/mol. The van der Waals surface area contributed by atoms with Crippen LogP contribution in [-0.2, 0) is 11.2 Å². The summed E-state index contributed by atoms with van der Waals surface area (Å²) in [4.78, 5) is 16.5. The summed E-state index contributed by atoms with van der Waals surface area (Å²) in [6.07, 6.45) is 4.02. The second-order valence-electron chi connectivity index (χ2n) is 7.28. The van der Waals surface area contributed by atoms with Crippen molar-refractivity contribution in [2.75, 3.05) is 12.3 Å². The average Bonchev–Trinajstić information content (AvgIpc) is 3.25. The van der Waals surface area contributed by atoms with Gasteiger partial charge in [0.25, 0.3) is 0 Å². The van der Waals surface area contributed by atoms with Crippen LogP contribution >= 0.6 is 23.4 Å². The fraction of sp³-hybridized carbons (Fsp3) is 0.167. The summed E-state index contributed by atoms with van der Waals surface area (Å²) in [5, 5.41) is 12.8. The van der Waals surface area contributed by atoms with Gasteiger partial charge in [-0.2, -0.15) is 0 Å². The summed E-state index contributed by atoms with van der Waals surface area (Å²) in [6, 6.07) is 15.6. The maximum atomic E-state index is 13.0. The first-order valence-electron chi connectivity index (χ1n) is 10.3. The Morgan fingerprint density at radius 1 is 1.09 bits per heavy atom. The molecule has 0 saturated heterocycles. The number of pyridine rings is 1. The quantitative estimate of drug-likeness (QED) is 0.363. The molecule has 1 amide bonds. The molecule has 2 aromatic carbocycles. The first-order valence-corrected chi connectivity index (χ1v) is 11.6. The van der Waals surface area contributed by atoms with E-state index in [1.54, 1.807) is 24.5 Å². The van der Waals surface area contributed by atoms with Crippen molar-refractivity contribution in [3.63, 3.8) is 0 Å². The Bertz CT molecular complexity index is 1250. The summed E-state index contributed by atoms with van der Waals surface area (Å²) in [7, 11) is 0. The molecule has 2 heterocycles. The molecule has 0 atom stereocenters. The van der Waals surface area contributed by atoms with Crippen LogP contribution < -0.4 is 5.32 Å². The normalized spacial score (nSPS) is 10.9. The minimum absolute atomic E-state index is 0.120. The van der Waals surface area contributed by atoms with Crippen molar-refractivity contribution in [1.29, 1.82) is 0 Å². The fourth-order valence-corrected chi connectivity index (χ4v) is 4.23. The largest absolute Gasteiger partial charge is 0.355 e. The molecule has 4 aromatic rings. The smallest absolute Gasteiger partial charge is 0.230 e. The van der Waals surface area contributed by atoms with Crippen LogP contribution in [0.25, 0.3) is 17.1 Å². The molecule has 1 N–H and O–H groups in total. The minimum atomic E-state index is -0.274. The third-order valence-corrected chi connectivity index (χ3v) is 6.37. The predicted octanol–water partition coefficient (Wildman–Crippen LogP) is 4.88. The number of halogens is 2. The van der Waals surface area contributed by atoms with Gasteiger partial charge >= 0.3 is 0 Å². The van der Waals surface area contributed by atoms with Gasteiger partial charge in [-0.3, -0.25) is 14.3 Å². The number of rotatable bonds is 8. The average molecular weight is 482 g/mol. The molecule has 0 aliphatic rings. The van der Waals surface area contributed by atoms with E-state index in [1.807, 2.05) is 41.8 Å². The van der Waals surface area contributed by atoms with Crippen LogP contribution in [0.1, 0.15) is 11.1 Å². The lowest BCUT2D eigenvalue weighted by Gasteiger charge is -2.14. The van der Waals surface area contributed by atoms with Gasteiger partial charge in [0, 0.05) is 29.5 Å². The molecule has 33 heavy (non-hydrogen) atoms. The first-order chi connectivity index (χ1) is 16.0. The van der Waals surface area contributed by atoms with Crippen molar-refractivity contribution in [3.05, 3.63) is 89.0 Å². The lowest BCUT2D eigenvalue weighted by molar-refractivity contribution is -0.118. The molecular formula is C24H21ClFN5OS. The number of carbonyl (C=O) groups is 1. The van der Waals surface area contributed by atoms with E-state index in [9.17, 15) is 9.18 Å². The van der Waals surface area contributed by atoms with E-state index < -0.39 is 0 Å². The third-order valence-electron chi connectivity index (χ3n) is 5.03. The molecule has 168 valence electrons. The van der Waals surface area contributed by atoms with Gasteiger partial charge in [0.2, 0.25) is 5.91 Å². The van der Waals surface area contributed by atoms with Crippen LogP contribution in [0.3, 0.4) is 0 Å². The third kappa shape index (κ3) is 5.58. The minimum Gasteiger partial charge on any atom is -0.355 e. The number of amides is 1. The summed E-state index contributed by atoms with van der Waals surface area (Å²) in [6.45, 7) is 2.40. The van der Waals surface area contributed by atoms with Crippen LogP contribution in [0.15, 0.2) is 72.1 Å². The van der Waals surface area contributed by atoms with E-state index in [-0.39, 0.29) is 17.5 Å². The van der Waals surface area contributed by atoms with Gasteiger partial charge < -0.3 is 5.32 Å². The monoisotopic (exact) mass is 481 g/mol. The van der Waals surface area contributed by atoms with Crippen LogP contribution in [0.5, 0.6) is 0 Å². The van der Waals surface area contributed by atoms with Gasteiger partial charge in [-0.15, -0.1) is 10.2 Å². The van der Waals surface area contributed by atoms with Gasteiger partial charge in [0.05, 0.1) is 11.4 Å². The molecule has 0 spiro atoms. The van der Waals surface area contributed by atoms with Gasteiger partial charge in [-0.25, -0.2) is 4.39 Å². The van der Waals surface area contributed by atoms with Gasteiger partial charge in [0.1, 0.15) is 5.82 Å². The zero-order valence-electron chi connectivity index (χ0n) is 17.8. The van der Waals surface area contributed by atoms with Crippen molar-refractivity contribution < 1.29 is 9.18 Å². The second-order valence-corrected chi connectivity index (χ2v) is 8.63. The van der Waals surface area contributed by atoms with Crippen molar-refractivity contribution in [2.24, 2.45) is 0 Å². The number of carbonyl (C=O) groups excluding carboxylic acids is 1. The van der Waals surface area contributed by atoms with E-state index in [1.165, 1.54) is 23.9 Å². The van der Waals surface area contributed by atoms with Crippen LogP contribution in [0.2, 0.25) is 5.02 Å².